The Kier molecular flexibility index (Phi) is 7.53. The van der Waals surface area contributed by atoms with Crippen molar-refractivity contribution in [2.24, 2.45) is 0 Å². The van der Waals surface area contributed by atoms with Crippen LogP contribution in [0.2, 0.25) is 5.02 Å². The lowest BCUT2D eigenvalue weighted by atomic mass is 9.95. The van der Waals surface area contributed by atoms with Crippen LogP contribution < -0.4 is 20.4 Å². The number of hydrogen-bond donors (Lipinski definition) is 2. The number of halogens is 1. The van der Waals surface area contributed by atoms with Crippen LogP contribution in [-0.4, -0.2) is 77.5 Å². The summed E-state index contributed by atoms with van der Waals surface area (Å²) in [5.41, 5.74) is 1.87. The molecule has 3 fully saturated rings. The molecule has 0 spiro atoms. The minimum absolute atomic E-state index is 0.0589. The molecule has 4 aliphatic heterocycles. The first kappa shape index (κ1) is 25.7. The third-order valence-corrected chi connectivity index (χ3v) is 7.97. The Morgan fingerprint density at radius 3 is 2.65 bits per heavy atom. The van der Waals surface area contributed by atoms with Crippen molar-refractivity contribution in [2.45, 2.75) is 64.1 Å². The van der Waals surface area contributed by atoms with E-state index in [1.165, 1.54) is 6.33 Å². The van der Waals surface area contributed by atoms with Gasteiger partial charge in [-0.25, -0.2) is 9.97 Å². The lowest BCUT2D eigenvalue weighted by molar-refractivity contribution is -0.136. The SMILES string of the molecule is CCN1CC(=O)Nc2ncnc(N3CC4CCCC3CN4C(=O)[C@H](CNC(C)C)c3ccc(Cl)cc3)c21. The molecule has 1 aromatic carbocycles. The summed E-state index contributed by atoms with van der Waals surface area (Å²) < 4.78 is 0. The first-order valence-electron chi connectivity index (χ1n) is 13.3. The zero-order valence-electron chi connectivity index (χ0n) is 21.8. The van der Waals surface area contributed by atoms with E-state index in [-0.39, 0.29) is 35.9 Å². The molecule has 0 radical (unpaired) electrons. The van der Waals surface area contributed by atoms with Gasteiger partial charge in [0, 0.05) is 49.3 Å². The maximum absolute atomic E-state index is 14.1. The van der Waals surface area contributed by atoms with Gasteiger partial charge in [-0.3, -0.25) is 9.59 Å². The molecule has 2 aromatic rings. The van der Waals surface area contributed by atoms with E-state index in [2.05, 4.69) is 39.3 Å². The Bertz CT molecular complexity index is 1140. The van der Waals surface area contributed by atoms with Crippen molar-refractivity contribution >= 4 is 40.7 Å². The summed E-state index contributed by atoms with van der Waals surface area (Å²) in [7, 11) is 0. The van der Waals surface area contributed by atoms with Gasteiger partial charge < -0.3 is 25.3 Å². The second-order valence-electron chi connectivity index (χ2n) is 10.5. The van der Waals surface area contributed by atoms with Crippen molar-refractivity contribution in [1.29, 1.82) is 0 Å². The van der Waals surface area contributed by atoms with Gasteiger partial charge in [-0.15, -0.1) is 0 Å². The zero-order chi connectivity index (χ0) is 26.1. The van der Waals surface area contributed by atoms with Crippen LogP contribution >= 0.6 is 11.6 Å². The first-order valence-corrected chi connectivity index (χ1v) is 13.7. The van der Waals surface area contributed by atoms with Gasteiger partial charge in [0.15, 0.2) is 11.6 Å². The van der Waals surface area contributed by atoms with Gasteiger partial charge >= 0.3 is 0 Å². The quantitative estimate of drug-likeness (QED) is 0.573. The number of carbonyl (C=O) groups is 2. The number of benzene rings is 1. The highest BCUT2D eigenvalue weighted by Gasteiger charge is 2.43. The highest BCUT2D eigenvalue weighted by atomic mass is 35.5. The van der Waals surface area contributed by atoms with Crippen molar-refractivity contribution in [3.63, 3.8) is 0 Å². The largest absolute Gasteiger partial charge is 0.356 e. The Labute approximate surface area is 223 Å². The predicted octanol–water partition coefficient (Wildman–Crippen LogP) is 3.26. The molecule has 2 amide bonds. The van der Waals surface area contributed by atoms with Crippen LogP contribution in [0.5, 0.6) is 0 Å². The maximum atomic E-state index is 14.1. The van der Waals surface area contributed by atoms with Crippen LogP contribution in [0.25, 0.3) is 0 Å². The van der Waals surface area contributed by atoms with Crippen molar-refractivity contribution in [3.05, 3.63) is 41.2 Å². The third kappa shape index (κ3) is 5.25. The minimum atomic E-state index is -0.273. The summed E-state index contributed by atoms with van der Waals surface area (Å²) >= 11 is 6.15. The number of carbonyl (C=O) groups excluding carboxylic acids is 2. The van der Waals surface area contributed by atoms with E-state index in [0.717, 1.165) is 42.9 Å². The zero-order valence-corrected chi connectivity index (χ0v) is 22.5. The second kappa shape index (κ2) is 10.8. The Morgan fingerprint density at radius 2 is 1.92 bits per heavy atom. The molecule has 2 bridgehead atoms. The first-order chi connectivity index (χ1) is 17.9. The van der Waals surface area contributed by atoms with E-state index < -0.39 is 0 Å². The Hall–Kier alpha value is -2.91. The summed E-state index contributed by atoms with van der Waals surface area (Å²) in [6, 6.07) is 8.19. The topological polar surface area (TPSA) is 93.7 Å². The van der Waals surface area contributed by atoms with Gasteiger partial charge in [0.25, 0.3) is 0 Å². The smallest absolute Gasteiger partial charge is 0.245 e. The predicted molar refractivity (Wildman–Crippen MR) is 146 cm³/mol. The lowest BCUT2D eigenvalue weighted by Crippen LogP contribution is -2.60. The molecule has 3 saturated heterocycles. The van der Waals surface area contributed by atoms with Crippen LogP contribution in [0.1, 0.15) is 51.5 Å². The molecule has 5 heterocycles. The summed E-state index contributed by atoms with van der Waals surface area (Å²) in [6.45, 7) is 9.18. The van der Waals surface area contributed by atoms with Gasteiger partial charge in [0.2, 0.25) is 11.8 Å². The minimum Gasteiger partial charge on any atom is -0.356 e. The molecular weight excluding hydrogens is 490 g/mol. The molecule has 2 unspecified atom stereocenters. The average Bonchev–Trinajstić information content (AvgIpc) is 3.22. The molecule has 37 heavy (non-hydrogen) atoms. The summed E-state index contributed by atoms with van der Waals surface area (Å²) in [5, 5.41) is 7.05. The van der Waals surface area contributed by atoms with Crippen molar-refractivity contribution < 1.29 is 9.59 Å². The average molecular weight is 526 g/mol. The second-order valence-corrected chi connectivity index (χ2v) is 10.9. The van der Waals surface area contributed by atoms with Crippen molar-refractivity contribution in [2.75, 3.05) is 47.8 Å². The number of fused-ring (bicyclic) bond motifs is 5. The third-order valence-electron chi connectivity index (χ3n) is 7.72. The summed E-state index contributed by atoms with van der Waals surface area (Å²) in [5.74, 6) is 1.26. The highest BCUT2D eigenvalue weighted by Crippen LogP contribution is 2.40. The number of amides is 2. The number of nitrogens with one attached hydrogen (secondary N) is 2. The van der Waals surface area contributed by atoms with Crippen LogP contribution in [0, 0.1) is 0 Å². The van der Waals surface area contributed by atoms with Crippen LogP contribution in [-0.2, 0) is 9.59 Å². The standard InChI is InChI=1S/C27H36ClN7O2/c1-4-33-15-23(36)32-25-24(33)26(31-16-30-25)34-13-21-7-5-6-20(34)14-35(21)27(37)22(12-29-17(2)3)18-8-10-19(28)11-9-18/h8-11,16-17,20-22,29H,4-7,12-15H2,1-3H3,(H,30,31,32,36)/t20?,21?,22-/m1/s1. The highest BCUT2D eigenvalue weighted by molar-refractivity contribution is 6.30. The number of likely N-dealkylation sites (N-methyl/N-ethyl adjacent to an activating group) is 1. The van der Waals surface area contributed by atoms with Gasteiger partial charge in [0.1, 0.15) is 12.0 Å². The van der Waals surface area contributed by atoms with Crippen molar-refractivity contribution in [1.82, 2.24) is 20.2 Å². The fourth-order valence-corrected chi connectivity index (χ4v) is 5.94. The van der Waals surface area contributed by atoms with Gasteiger partial charge in [-0.05, 0) is 43.9 Å². The molecule has 9 nitrogen and oxygen atoms in total. The molecule has 198 valence electrons. The molecule has 0 aliphatic carbocycles. The van der Waals surface area contributed by atoms with E-state index in [0.29, 0.717) is 37.0 Å². The molecule has 6 rings (SSSR count). The molecular formula is C27H36ClN7O2. The number of hydrogen-bond acceptors (Lipinski definition) is 7. The number of rotatable bonds is 7. The summed E-state index contributed by atoms with van der Waals surface area (Å²) in [4.78, 5) is 41.9. The summed E-state index contributed by atoms with van der Waals surface area (Å²) in [6.07, 6.45) is 4.55. The van der Waals surface area contributed by atoms with E-state index in [9.17, 15) is 9.59 Å². The van der Waals surface area contributed by atoms with Crippen molar-refractivity contribution in [3.8, 4) is 0 Å². The number of aromatic nitrogens is 2. The number of nitrogens with zero attached hydrogens (tertiary/aromatic N) is 5. The molecule has 1 aromatic heterocycles. The molecule has 0 saturated carbocycles. The Morgan fingerprint density at radius 1 is 1.16 bits per heavy atom. The van der Waals surface area contributed by atoms with Gasteiger partial charge in [-0.2, -0.15) is 0 Å². The molecule has 4 aliphatic rings. The van der Waals surface area contributed by atoms with Crippen LogP contribution in [0.4, 0.5) is 17.3 Å². The fraction of sp³-hybridized carbons (Fsp3) is 0.556. The van der Waals surface area contributed by atoms with Gasteiger partial charge in [-0.1, -0.05) is 37.6 Å². The molecule has 3 atom stereocenters. The van der Waals surface area contributed by atoms with E-state index in [1.54, 1.807) is 0 Å². The number of piperazine rings is 1. The van der Waals surface area contributed by atoms with E-state index in [1.807, 2.05) is 36.1 Å². The van der Waals surface area contributed by atoms with Crippen LogP contribution in [0.3, 0.4) is 0 Å². The van der Waals surface area contributed by atoms with E-state index in [4.69, 9.17) is 16.6 Å². The fourth-order valence-electron chi connectivity index (χ4n) is 5.81. The lowest BCUT2D eigenvalue weighted by Gasteiger charge is -2.46. The van der Waals surface area contributed by atoms with E-state index >= 15 is 0 Å². The van der Waals surface area contributed by atoms with Gasteiger partial charge in [0.05, 0.1) is 12.5 Å². The maximum Gasteiger partial charge on any atom is 0.245 e. The molecule has 2 N–H and O–H groups in total. The Balaban J connectivity index is 1.42. The molecule has 10 heteroatoms. The van der Waals surface area contributed by atoms with Crippen LogP contribution in [0.15, 0.2) is 30.6 Å². The monoisotopic (exact) mass is 525 g/mol. The normalized spacial score (nSPS) is 22.1. The number of anilines is 3.